The number of benzene rings is 1. The molecule has 4 atom stereocenters. The van der Waals surface area contributed by atoms with E-state index in [1.807, 2.05) is 38.1 Å². The van der Waals surface area contributed by atoms with Crippen molar-refractivity contribution in [3.63, 3.8) is 0 Å². The van der Waals surface area contributed by atoms with Crippen LogP contribution in [0.15, 0.2) is 24.3 Å². The van der Waals surface area contributed by atoms with E-state index in [9.17, 15) is 14.4 Å². The zero-order chi connectivity index (χ0) is 24.4. The van der Waals surface area contributed by atoms with Gasteiger partial charge in [0.25, 0.3) is 5.91 Å². The monoisotopic (exact) mass is 470 g/mol. The third kappa shape index (κ3) is 4.98. The first kappa shape index (κ1) is 24.7. The van der Waals surface area contributed by atoms with Crippen LogP contribution in [0.4, 0.5) is 5.69 Å². The van der Waals surface area contributed by atoms with Gasteiger partial charge in [0.1, 0.15) is 18.7 Å². The summed E-state index contributed by atoms with van der Waals surface area (Å²) in [6.07, 6.45) is 1.19. The van der Waals surface area contributed by atoms with Crippen LogP contribution in [-0.4, -0.2) is 91.0 Å². The summed E-state index contributed by atoms with van der Waals surface area (Å²) in [6, 6.07) is 7.01. The molecule has 8 heteroatoms. The number of ketones is 1. The van der Waals surface area contributed by atoms with Crippen molar-refractivity contribution in [3.05, 3.63) is 29.8 Å². The molecule has 0 aromatic heterocycles. The Morgan fingerprint density at radius 2 is 1.74 bits per heavy atom. The Morgan fingerprint density at radius 1 is 1.06 bits per heavy atom. The van der Waals surface area contributed by atoms with Gasteiger partial charge in [-0.25, -0.2) is 0 Å². The lowest BCUT2D eigenvalue weighted by molar-refractivity contribution is -0.139. The maximum Gasteiger partial charge on any atom is 0.251 e. The number of anilines is 1. The second-order valence-electron chi connectivity index (χ2n) is 10.1. The number of nitrogens with zero attached hydrogens (tertiary/aromatic N) is 3. The highest BCUT2D eigenvalue weighted by molar-refractivity contribution is 5.99. The Labute approximate surface area is 202 Å². The highest BCUT2D eigenvalue weighted by Crippen LogP contribution is 2.28. The molecule has 4 rings (SSSR count). The number of rotatable bonds is 7. The van der Waals surface area contributed by atoms with Crippen molar-refractivity contribution in [2.75, 3.05) is 44.2 Å². The zero-order valence-corrected chi connectivity index (χ0v) is 20.8. The van der Waals surface area contributed by atoms with Crippen LogP contribution in [0.5, 0.6) is 0 Å². The largest absolute Gasteiger partial charge is 0.369 e. The Bertz CT molecular complexity index is 895. The van der Waals surface area contributed by atoms with Crippen molar-refractivity contribution in [1.82, 2.24) is 15.1 Å². The van der Waals surface area contributed by atoms with E-state index < -0.39 is 12.1 Å². The minimum Gasteiger partial charge on any atom is -0.369 e. The topological polar surface area (TPSA) is 82.2 Å². The molecular formula is C26H38N4O4. The molecule has 0 spiro atoms. The molecule has 34 heavy (non-hydrogen) atoms. The molecule has 3 aliphatic heterocycles. The molecule has 186 valence electrons. The van der Waals surface area contributed by atoms with Gasteiger partial charge in [0.05, 0.1) is 6.10 Å². The number of ether oxygens (including phenoxy) is 1. The lowest BCUT2D eigenvalue weighted by Crippen LogP contribution is -2.54. The van der Waals surface area contributed by atoms with Crippen molar-refractivity contribution in [2.24, 2.45) is 5.92 Å². The minimum absolute atomic E-state index is 0.0464. The van der Waals surface area contributed by atoms with Crippen LogP contribution < -0.4 is 10.2 Å². The van der Waals surface area contributed by atoms with Crippen LogP contribution in [0, 0.1) is 5.92 Å². The molecule has 3 aliphatic rings. The van der Waals surface area contributed by atoms with Crippen LogP contribution >= 0.6 is 0 Å². The number of hydrogen-bond donors (Lipinski definition) is 1. The summed E-state index contributed by atoms with van der Waals surface area (Å²) in [5.74, 6) is -0.549. The Hall–Kier alpha value is -2.45. The molecule has 1 aromatic rings. The SMILES string of the molecule is CCC(C)[C@H](NC(=O)c1ccc(N2CCN(C(C)C)CC2)cc1)C(=O)N1CC[C@H]2OCC(=O)[C@H]21. The van der Waals surface area contributed by atoms with Gasteiger partial charge in [-0.3, -0.25) is 19.3 Å². The molecule has 3 saturated heterocycles. The molecule has 0 bridgehead atoms. The maximum absolute atomic E-state index is 13.4. The van der Waals surface area contributed by atoms with E-state index in [0.717, 1.165) is 38.3 Å². The fourth-order valence-corrected chi connectivity index (χ4v) is 5.25. The van der Waals surface area contributed by atoms with Crippen molar-refractivity contribution in [2.45, 2.75) is 64.8 Å². The van der Waals surface area contributed by atoms with Gasteiger partial charge in [0.15, 0.2) is 5.78 Å². The Kier molecular flexibility index (Phi) is 7.57. The van der Waals surface area contributed by atoms with Crippen LogP contribution in [0.2, 0.25) is 0 Å². The lowest BCUT2D eigenvalue weighted by Gasteiger charge is -2.38. The van der Waals surface area contributed by atoms with E-state index in [2.05, 4.69) is 29.0 Å². The number of likely N-dealkylation sites (tertiary alicyclic amines) is 1. The first-order chi connectivity index (χ1) is 16.3. The van der Waals surface area contributed by atoms with Crippen LogP contribution in [0.1, 0.15) is 50.9 Å². The highest BCUT2D eigenvalue weighted by Gasteiger charge is 2.48. The number of fused-ring (bicyclic) bond motifs is 1. The molecule has 1 N–H and O–H groups in total. The number of hydrogen-bond acceptors (Lipinski definition) is 6. The van der Waals surface area contributed by atoms with Crippen LogP contribution in [0.3, 0.4) is 0 Å². The third-order valence-electron chi connectivity index (χ3n) is 7.70. The number of Topliss-reactive ketones (excluding diaryl/α,β-unsaturated/α-hetero) is 1. The van der Waals surface area contributed by atoms with E-state index in [1.165, 1.54) is 0 Å². The first-order valence-corrected chi connectivity index (χ1v) is 12.6. The number of piperazine rings is 1. The second kappa shape index (κ2) is 10.4. The van der Waals surface area contributed by atoms with E-state index in [4.69, 9.17) is 4.74 Å². The normalized spacial score (nSPS) is 24.9. The Morgan fingerprint density at radius 3 is 2.35 bits per heavy atom. The molecule has 0 saturated carbocycles. The number of carbonyl (C=O) groups excluding carboxylic acids is 3. The van der Waals surface area contributed by atoms with Gasteiger partial charge < -0.3 is 19.9 Å². The maximum atomic E-state index is 13.4. The van der Waals surface area contributed by atoms with Gasteiger partial charge in [-0.2, -0.15) is 0 Å². The molecule has 2 amide bonds. The predicted molar refractivity (Wildman–Crippen MR) is 131 cm³/mol. The van der Waals surface area contributed by atoms with Crippen molar-refractivity contribution in [1.29, 1.82) is 0 Å². The highest BCUT2D eigenvalue weighted by atomic mass is 16.5. The Balaban J connectivity index is 1.41. The lowest BCUT2D eigenvalue weighted by atomic mass is 9.96. The molecule has 0 aliphatic carbocycles. The van der Waals surface area contributed by atoms with Gasteiger partial charge in [0.2, 0.25) is 5.91 Å². The first-order valence-electron chi connectivity index (χ1n) is 12.6. The predicted octanol–water partition coefficient (Wildman–Crippen LogP) is 1.93. The fourth-order valence-electron chi connectivity index (χ4n) is 5.25. The van der Waals surface area contributed by atoms with E-state index in [0.29, 0.717) is 24.6 Å². The molecule has 0 radical (unpaired) electrons. The van der Waals surface area contributed by atoms with Gasteiger partial charge in [-0.05, 0) is 50.5 Å². The summed E-state index contributed by atoms with van der Waals surface area (Å²) in [7, 11) is 0. The average molecular weight is 471 g/mol. The summed E-state index contributed by atoms with van der Waals surface area (Å²) < 4.78 is 5.53. The molecule has 1 aromatic carbocycles. The zero-order valence-electron chi connectivity index (χ0n) is 20.8. The molecule has 1 unspecified atom stereocenters. The van der Waals surface area contributed by atoms with E-state index in [-0.39, 0.29) is 36.2 Å². The minimum atomic E-state index is -0.673. The molecule has 3 heterocycles. The van der Waals surface area contributed by atoms with Crippen LogP contribution in [0.25, 0.3) is 0 Å². The summed E-state index contributed by atoms with van der Waals surface area (Å²) in [6.45, 7) is 13.0. The molecular weight excluding hydrogens is 432 g/mol. The van der Waals surface area contributed by atoms with Gasteiger partial charge >= 0.3 is 0 Å². The summed E-state index contributed by atoms with van der Waals surface area (Å²) in [5, 5.41) is 2.97. The number of amides is 2. The quantitative estimate of drug-likeness (QED) is 0.656. The molecule has 3 fully saturated rings. The third-order valence-corrected chi connectivity index (χ3v) is 7.70. The summed E-state index contributed by atoms with van der Waals surface area (Å²) >= 11 is 0. The summed E-state index contributed by atoms with van der Waals surface area (Å²) in [4.78, 5) is 45.2. The average Bonchev–Trinajstić information content (AvgIpc) is 3.44. The van der Waals surface area contributed by atoms with Gasteiger partial charge in [0, 0.05) is 50.0 Å². The van der Waals surface area contributed by atoms with Gasteiger partial charge in [-0.1, -0.05) is 20.3 Å². The van der Waals surface area contributed by atoms with Crippen molar-refractivity contribution < 1.29 is 19.1 Å². The standard InChI is InChI=1S/C26H38N4O4/c1-5-18(4)23(26(33)30-11-10-22-24(30)21(31)16-34-22)27-25(32)19-6-8-20(9-7-19)29-14-12-28(13-15-29)17(2)3/h6-9,17-18,22-24H,5,10-16H2,1-4H3,(H,27,32)/t18?,22-,23+,24-/m1/s1. The van der Waals surface area contributed by atoms with Crippen molar-refractivity contribution in [3.8, 4) is 0 Å². The molecule has 8 nitrogen and oxygen atoms in total. The smallest absolute Gasteiger partial charge is 0.251 e. The van der Waals surface area contributed by atoms with Crippen molar-refractivity contribution >= 4 is 23.3 Å². The van der Waals surface area contributed by atoms with E-state index >= 15 is 0 Å². The van der Waals surface area contributed by atoms with Crippen LogP contribution in [-0.2, 0) is 14.3 Å². The number of nitrogens with one attached hydrogen (secondary N) is 1. The number of carbonyl (C=O) groups is 3. The van der Waals surface area contributed by atoms with Gasteiger partial charge in [-0.15, -0.1) is 0 Å². The fraction of sp³-hybridized carbons (Fsp3) is 0.654. The summed E-state index contributed by atoms with van der Waals surface area (Å²) in [5.41, 5.74) is 1.64. The van der Waals surface area contributed by atoms with E-state index in [1.54, 1.807) is 4.90 Å². The second-order valence-corrected chi connectivity index (χ2v) is 10.1.